The Bertz CT molecular complexity index is 110. The van der Waals surface area contributed by atoms with E-state index in [0.29, 0.717) is 5.88 Å². The molecule has 1 saturated carbocycles. The third-order valence-corrected chi connectivity index (χ3v) is 3.17. The zero-order valence-electron chi connectivity index (χ0n) is 7.64. The number of rotatable bonds is 4. The van der Waals surface area contributed by atoms with E-state index < -0.39 is 0 Å². The molecule has 0 saturated heterocycles. The molecular weight excluding hydrogens is 172 g/mol. The number of hydrogen-bond donors (Lipinski definition) is 1. The molecule has 0 spiro atoms. The largest absolute Gasteiger partial charge is 0.392 e. The summed E-state index contributed by atoms with van der Waals surface area (Å²) in [4.78, 5) is 0. The second-order valence-corrected chi connectivity index (χ2v) is 4.20. The first kappa shape index (κ1) is 10.3. The van der Waals surface area contributed by atoms with E-state index in [1.807, 2.05) is 0 Å². The van der Waals surface area contributed by atoms with Gasteiger partial charge in [0.25, 0.3) is 0 Å². The molecule has 0 amide bonds. The van der Waals surface area contributed by atoms with Gasteiger partial charge >= 0.3 is 0 Å². The third kappa shape index (κ3) is 3.77. The van der Waals surface area contributed by atoms with Crippen LogP contribution >= 0.6 is 11.6 Å². The van der Waals surface area contributed by atoms with Crippen LogP contribution in [0, 0.1) is 5.92 Å². The summed E-state index contributed by atoms with van der Waals surface area (Å²) in [5.74, 6) is 1.27. The van der Waals surface area contributed by atoms with Crippen molar-refractivity contribution in [3.8, 4) is 0 Å². The first-order valence-corrected chi connectivity index (χ1v) is 5.60. The lowest BCUT2D eigenvalue weighted by molar-refractivity contribution is 0.170. The van der Waals surface area contributed by atoms with Crippen molar-refractivity contribution in [2.45, 2.75) is 51.0 Å². The normalized spacial score (nSPS) is 22.5. The maximum atomic E-state index is 9.26. The molecule has 0 bridgehead atoms. The van der Waals surface area contributed by atoms with E-state index in [9.17, 15) is 5.11 Å². The number of aliphatic hydroxyl groups is 1. The number of aliphatic hydroxyl groups excluding tert-OH is 1. The van der Waals surface area contributed by atoms with Gasteiger partial charge in [-0.05, 0) is 18.8 Å². The second kappa shape index (κ2) is 5.82. The van der Waals surface area contributed by atoms with Crippen LogP contribution in [0.4, 0.5) is 0 Å². The Labute approximate surface area is 80.1 Å². The Hall–Kier alpha value is 0.250. The van der Waals surface area contributed by atoms with E-state index in [2.05, 4.69) is 0 Å². The molecule has 1 nitrogen and oxygen atoms in total. The Morgan fingerprint density at radius 3 is 2.50 bits per heavy atom. The average Bonchev–Trinajstić information content (AvgIpc) is 2.16. The van der Waals surface area contributed by atoms with Crippen LogP contribution in [-0.4, -0.2) is 17.1 Å². The molecule has 0 radical (unpaired) electrons. The first-order chi connectivity index (χ1) is 5.83. The van der Waals surface area contributed by atoms with Crippen molar-refractivity contribution < 1.29 is 5.11 Å². The van der Waals surface area contributed by atoms with Crippen LogP contribution in [0.3, 0.4) is 0 Å². The fourth-order valence-electron chi connectivity index (χ4n) is 1.98. The van der Waals surface area contributed by atoms with Gasteiger partial charge in [0.1, 0.15) is 0 Å². The summed E-state index contributed by atoms with van der Waals surface area (Å²) in [5, 5.41) is 9.26. The van der Waals surface area contributed by atoms with Crippen LogP contribution in [-0.2, 0) is 0 Å². The van der Waals surface area contributed by atoms with E-state index in [1.165, 1.54) is 38.5 Å². The van der Waals surface area contributed by atoms with Gasteiger partial charge in [-0.15, -0.1) is 11.6 Å². The molecule has 1 aliphatic rings. The van der Waals surface area contributed by atoms with Crippen LogP contribution in [0.15, 0.2) is 0 Å². The van der Waals surface area contributed by atoms with Crippen LogP contribution in [0.5, 0.6) is 0 Å². The first-order valence-electron chi connectivity index (χ1n) is 5.07. The van der Waals surface area contributed by atoms with Crippen molar-refractivity contribution in [1.29, 1.82) is 0 Å². The lowest BCUT2D eigenvalue weighted by atomic mass is 9.85. The molecule has 0 aromatic carbocycles. The van der Waals surface area contributed by atoms with E-state index in [1.54, 1.807) is 0 Å². The molecule has 1 atom stereocenters. The molecule has 0 aromatic heterocycles. The van der Waals surface area contributed by atoms with E-state index >= 15 is 0 Å². The molecule has 0 aromatic rings. The summed E-state index contributed by atoms with van der Waals surface area (Å²) in [6.45, 7) is 0. The predicted molar refractivity (Wildman–Crippen MR) is 52.5 cm³/mol. The van der Waals surface area contributed by atoms with E-state index in [0.717, 1.165) is 12.3 Å². The third-order valence-electron chi connectivity index (χ3n) is 2.81. The van der Waals surface area contributed by atoms with E-state index in [4.69, 9.17) is 11.6 Å². The summed E-state index contributed by atoms with van der Waals surface area (Å²) in [7, 11) is 0. The zero-order chi connectivity index (χ0) is 8.81. The smallest absolute Gasteiger partial charge is 0.0675 e. The molecule has 1 unspecified atom stereocenters. The van der Waals surface area contributed by atoms with Gasteiger partial charge in [0.15, 0.2) is 0 Å². The Balaban J connectivity index is 2.05. The maximum Gasteiger partial charge on any atom is 0.0675 e. The van der Waals surface area contributed by atoms with Crippen LogP contribution in [0.25, 0.3) is 0 Å². The van der Waals surface area contributed by atoms with Crippen molar-refractivity contribution in [2.75, 3.05) is 5.88 Å². The Kier molecular flexibility index (Phi) is 5.01. The monoisotopic (exact) mass is 190 g/mol. The topological polar surface area (TPSA) is 20.2 Å². The number of alkyl halides is 1. The standard InChI is InChI=1S/C10H19ClO/c11-8-10(12)7-6-9-4-2-1-3-5-9/h9-10,12H,1-8H2. The van der Waals surface area contributed by atoms with Gasteiger partial charge in [0.2, 0.25) is 0 Å². The second-order valence-electron chi connectivity index (χ2n) is 3.89. The number of hydrogen-bond acceptors (Lipinski definition) is 1. The molecule has 2 heteroatoms. The quantitative estimate of drug-likeness (QED) is 0.676. The summed E-state index contributed by atoms with van der Waals surface area (Å²) >= 11 is 5.52. The SMILES string of the molecule is OC(CCl)CCC1CCCCC1. The highest BCUT2D eigenvalue weighted by Gasteiger charge is 2.14. The molecule has 1 N–H and O–H groups in total. The van der Waals surface area contributed by atoms with Crippen molar-refractivity contribution in [1.82, 2.24) is 0 Å². The molecule has 1 rings (SSSR count). The van der Waals surface area contributed by atoms with Gasteiger partial charge in [-0.1, -0.05) is 32.1 Å². The van der Waals surface area contributed by atoms with Gasteiger partial charge in [-0.2, -0.15) is 0 Å². The van der Waals surface area contributed by atoms with Crippen LogP contribution < -0.4 is 0 Å². The van der Waals surface area contributed by atoms with Gasteiger partial charge in [-0.25, -0.2) is 0 Å². The fourth-order valence-corrected chi connectivity index (χ4v) is 2.14. The van der Waals surface area contributed by atoms with Crippen molar-refractivity contribution in [3.05, 3.63) is 0 Å². The summed E-state index contributed by atoms with van der Waals surface area (Å²) in [6.07, 6.45) is 8.73. The molecule has 0 heterocycles. The lowest BCUT2D eigenvalue weighted by Crippen LogP contribution is -2.13. The molecule has 0 aliphatic heterocycles. The Morgan fingerprint density at radius 1 is 1.25 bits per heavy atom. The number of halogens is 1. The average molecular weight is 191 g/mol. The molecule has 1 fully saturated rings. The highest BCUT2D eigenvalue weighted by molar-refractivity contribution is 6.18. The Morgan fingerprint density at radius 2 is 1.92 bits per heavy atom. The summed E-state index contributed by atoms with van der Waals surface area (Å²) in [6, 6.07) is 0. The summed E-state index contributed by atoms with van der Waals surface area (Å²) in [5.41, 5.74) is 0. The molecule has 1 aliphatic carbocycles. The summed E-state index contributed by atoms with van der Waals surface area (Å²) < 4.78 is 0. The maximum absolute atomic E-state index is 9.26. The lowest BCUT2D eigenvalue weighted by Gasteiger charge is -2.22. The molecule has 12 heavy (non-hydrogen) atoms. The predicted octanol–water partition coefficient (Wildman–Crippen LogP) is 2.95. The highest BCUT2D eigenvalue weighted by Crippen LogP contribution is 2.27. The molecule has 72 valence electrons. The van der Waals surface area contributed by atoms with Gasteiger partial charge in [-0.3, -0.25) is 0 Å². The van der Waals surface area contributed by atoms with Gasteiger partial charge in [0, 0.05) is 5.88 Å². The fraction of sp³-hybridized carbons (Fsp3) is 1.00. The van der Waals surface area contributed by atoms with Gasteiger partial charge < -0.3 is 5.11 Å². The van der Waals surface area contributed by atoms with Crippen LogP contribution in [0.1, 0.15) is 44.9 Å². The van der Waals surface area contributed by atoms with Crippen LogP contribution in [0.2, 0.25) is 0 Å². The van der Waals surface area contributed by atoms with E-state index in [-0.39, 0.29) is 6.10 Å². The molecular formula is C10H19ClO. The van der Waals surface area contributed by atoms with Gasteiger partial charge in [0.05, 0.1) is 6.10 Å². The minimum atomic E-state index is -0.270. The zero-order valence-corrected chi connectivity index (χ0v) is 8.39. The minimum Gasteiger partial charge on any atom is -0.392 e. The van der Waals surface area contributed by atoms with Crippen molar-refractivity contribution >= 4 is 11.6 Å². The highest BCUT2D eigenvalue weighted by atomic mass is 35.5. The van der Waals surface area contributed by atoms with Crippen molar-refractivity contribution in [2.24, 2.45) is 5.92 Å². The minimum absolute atomic E-state index is 0.270. The van der Waals surface area contributed by atoms with Crippen molar-refractivity contribution in [3.63, 3.8) is 0 Å².